The summed E-state index contributed by atoms with van der Waals surface area (Å²) in [6.45, 7) is -0.594. The lowest BCUT2D eigenvalue weighted by Gasteiger charge is -2.09. The van der Waals surface area contributed by atoms with Gasteiger partial charge in [0, 0.05) is 0 Å². The minimum Gasteiger partial charge on any atom is -0.457 e. The van der Waals surface area contributed by atoms with Gasteiger partial charge in [-0.1, -0.05) is 12.1 Å². The van der Waals surface area contributed by atoms with E-state index >= 15 is 0 Å². The van der Waals surface area contributed by atoms with Crippen LogP contribution in [0.4, 0.5) is 13.2 Å². The number of aliphatic hydroxyl groups excluding tert-OH is 1. The molecule has 2 heterocycles. The maximum atomic E-state index is 13.0. The number of benzene rings is 1. The van der Waals surface area contributed by atoms with Crippen molar-refractivity contribution in [1.82, 2.24) is 14.8 Å². The van der Waals surface area contributed by atoms with Crippen molar-refractivity contribution in [1.29, 1.82) is 0 Å². The summed E-state index contributed by atoms with van der Waals surface area (Å²) in [6, 6.07) is 8.01. The number of carbonyl (C=O) groups is 1. The molecule has 0 amide bonds. The third kappa shape index (κ3) is 3.75. The van der Waals surface area contributed by atoms with E-state index in [1.54, 1.807) is 17.5 Å². The molecule has 10 heteroatoms. The van der Waals surface area contributed by atoms with Gasteiger partial charge >= 0.3 is 12.1 Å². The van der Waals surface area contributed by atoms with Gasteiger partial charge in [-0.25, -0.2) is 9.48 Å². The van der Waals surface area contributed by atoms with Gasteiger partial charge in [0.2, 0.25) is 0 Å². The fraction of sp³-hybridized carbons (Fsp3) is 0.188. The van der Waals surface area contributed by atoms with Crippen LogP contribution in [0.5, 0.6) is 0 Å². The number of ether oxygens (including phenoxy) is 1. The average molecular weight is 383 g/mol. The summed E-state index contributed by atoms with van der Waals surface area (Å²) in [5, 5.41) is 14.5. The quantitative estimate of drug-likeness (QED) is 0.685. The highest BCUT2D eigenvalue weighted by Crippen LogP contribution is 2.32. The Morgan fingerprint density at radius 2 is 2.08 bits per heavy atom. The van der Waals surface area contributed by atoms with Crippen molar-refractivity contribution in [3.8, 4) is 16.4 Å². The number of alkyl halides is 3. The number of carbonyl (C=O) groups excluding carboxylic acids is 1. The highest BCUT2D eigenvalue weighted by molar-refractivity contribution is 7.13. The highest BCUT2D eigenvalue weighted by atomic mass is 32.1. The summed E-state index contributed by atoms with van der Waals surface area (Å²) in [4.78, 5) is 16.7. The molecule has 0 fully saturated rings. The van der Waals surface area contributed by atoms with E-state index in [4.69, 9.17) is 9.84 Å². The largest absolute Gasteiger partial charge is 0.457 e. The van der Waals surface area contributed by atoms with Crippen LogP contribution in [0, 0.1) is 0 Å². The fourth-order valence-corrected chi connectivity index (χ4v) is 2.86. The first-order chi connectivity index (χ1) is 12.4. The third-order valence-corrected chi connectivity index (χ3v) is 4.14. The number of hydrogen-bond acceptors (Lipinski definition) is 6. The zero-order chi connectivity index (χ0) is 18.7. The van der Waals surface area contributed by atoms with Crippen molar-refractivity contribution >= 4 is 17.3 Å². The first-order valence-electron chi connectivity index (χ1n) is 7.36. The fourth-order valence-electron chi connectivity index (χ4n) is 2.16. The second kappa shape index (κ2) is 7.26. The SMILES string of the molecule is O=C(OCCO)c1nc(-c2cccs2)n(-c2cccc(C(F)(F)F)c2)n1. The maximum Gasteiger partial charge on any atom is 0.416 e. The highest BCUT2D eigenvalue weighted by Gasteiger charge is 2.31. The first kappa shape index (κ1) is 18.1. The van der Waals surface area contributed by atoms with Crippen molar-refractivity contribution in [2.45, 2.75) is 6.18 Å². The number of esters is 1. The Morgan fingerprint density at radius 3 is 2.73 bits per heavy atom. The minimum atomic E-state index is -4.51. The van der Waals surface area contributed by atoms with Crippen molar-refractivity contribution in [3.05, 3.63) is 53.2 Å². The standard InChI is InChI=1S/C16H12F3N3O3S/c17-16(18,19)10-3-1-4-11(9-10)22-14(12-5-2-8-26-12)20-13(21-22)15(24)25-7-6-23/h1-5,8-9,23H,6-7H2. The van der Waals surface area contributed by atoms with E-state index in [0.29, 0.717) is 4.88 Å². The summed E-state index contributed by atoms with van der Waals surface area (Å²) in [5.41, 5.74) is -0.732. The van der Waals surface area contributed by atoms with Crippen LogP contribution < -0.4 is 0 Å². The lowest BCUT2D eigenvalue weighted by molar-refractivity contribution is -0.137. The van der Waals surface area contributed by atoms with Gasteiger partial charge in [-0.3, -0.25) is 0 Å². The smallest absolute Gasteiger partial charge is 0.416 e. The molecule has 136 valence electrons. The molecule has 0 aliphatic heterocycles. The van der Waals surface area contributed by atoms with Crippen LogP contribution >= 0.6 is 11.3 Å². The normalized spacial score (nSPS) is 11.5. The number of nitrogens with zero attached hydrogens (tertiary/aromatic N) is 3. The van der Waals surface area contributed by atoms with Gasteiger partial charge in [-0.15, -0.1) is 16.4 Å². The molecule has 26 heavy (non-hydrogen) atoms. The van der Waals surface area contributed by atoms with Crippen LogP contribution in [-0.4, -0.2) is 39.1 Å². The predicted octanol–water partition coefficient (Wildman–Crippen LogP) is 3.16. The van der Waals surface area contributed by atoms with Crippen molar-refractivity contribution < 1.29 is 27.8 Å². The lowest BCUT2D eigenvalue weighted by atomic mass is 10.2. The zero-order valence-electron chi connectivity index (χ0n) is 13.1. The molecular weight excluding hydrogens is 371 g/mol. The number of halogens is 3. The molecule has 3 rings (SSSR count). The van der Waals surface area contributed by atoms with E-state index in [9.17, 15) is 18.0 Å². The van der Waals surface area contributed by atoms with E-state index in [2.05, 4.69) is 10.1 Å². The Morgan fingerprint density at radius 1 is 1.27 bits per heavy atom. The molecule has 0 atom stereocenters. The van der Waals surface area contributed by atoms with Gasteiger partial charge in [0.25, 0.3) is 5.82 Å². The van der Waals surface area contributed by atoms with E-state index in [1.165, 1.54) is 23.5 Å². The molecule has 0 saturated carbocycles. The van der Waals surface area contributed by atoms with E-state index in [1.807, 2.05) is 0 Å². The molecule has 3 aromatic rings. The van der Waals surface area contributed by atoms with E-state index in [-0.39, 0.29) is 30.5 Å². The van der Waals surface area contributed by atoms with Gasteiger partial charge < -0.3 is 9.84 Å². The summed E-state index contributed by atoms with van der Waals surface area (Å²) >= 11 is 1.30. The Kier molecular flexibility index (Phi) is 5.05. The minimum absolute atomic E-state index is 0.108. The summed E-state index contributed by atoms with van der Waals surface area (Å²) in [7, 11) is 0. The molecule has 0 radical (unpaired) electrons. The maximum absolute atomic E-state index is 13.0. The van der Waals surface area contributed by atoms with Gasteiger partial charge in [-0.2, -0.15) is 18.2 Å². The third-order valence-electron chi connectivity index (χ3n) is 3.27. The molecule has 1 aromatic carbocycles. The topological polar surface area (TPSA) is 77.2 Å². The molecule has 0 spiro atoms. The van der Waals surface area contributed by atoms with Gasteiger partial charge in [-0.05, 0) is 29.6 Å². The number of thiophene rings is 1. The number of hydrogen-bond donors (Lipinski definition) is 1. The molecule has 0 unspecified atom stereocenters. The van der Waals surface area contributed by atoms with Crippen molar-refractivity contribution in [2.75, 3.05) is 13.2 Å². The summed E-state index contributed by atoms with van der Waals surface area (Å²) < 4.78 is 44.9. The summed E-state index contributed by atoms with van der Waals surface area (Å²) in [5.74, 6) is -0.961. The number of aromatic nitrogens is 3. The molecule has 2 aromatic heterocycles. The Hall–Kier alpha value is -2.72. The molecule has 1 N–H and O–H groups in total. The van der Waals surface area contributed by atoms with Crippen LogP contribution in [0.25, 0.3) is 16.4 Å². The second-order valence-electron chi connectivity index (χ2n) is 5.06. The molecule has 6 nitrogen and oxygen atoms in total. The van der Waals surface area contributed by atoms with Crippen molar-refractivity contribution in [3.63, 3.8) is 0 Å². The van der Waals surface area contributed by atoms with Crippen LogP contribution in [0.1, 0.15) is 16.2 Å². The van der Waals surface area contributed by atoms with Crippen LogP contribution in [0.2, 0.25) is 0 Å². The lowest BCUT2D eigenvalue weighted by Crippen LogP contribution is -2.11. The number of rotatable bonds is 5. The van der Waals surface area contributed by atoms with Crippen molar-refractivity contribution in [2.24, 2.45) is 0 Å². The Labute approximate surface area is 149 Å². The Bertz CT molecular complexity index is 907. The van der Waals surface area contributed by atoms with Crippen LogP contribution in [0.15, 0.2) is 41.8 Å². The van der Waals surface area contributed by atoms with Gasteiger partial charge in [0.1, 0.15) is 6.61 Å². The first-order valence-corrected chi connectivity index (χ1v) is 8.24. The number of aliphatic hydroxyl groups is 1. The van der Waals surface area contributed by atoms with E-state index < -0.39 is 17.7 Å². The zero-order valence-corrected chi connectivity index (χ0v) is 13.9. The molecule has 0 saturated heterocycles. The molecule has 0 aliphatic carbocycles. The van der Waals surface area contributed by atoms with Gasteiger partial charge in [0.05, 0.1) is 22.7 Å². The van der Waals surface area contributed by atoms with E-state index in [0.717, 1.165) is 16.8 Å². The predicted molar refractivity (Wildman–Crippen MR) is 87.0 cm³/mol. The average Bonchev–Trinajstić information content (AvgIpc) is 3.28. The van der Waals surface area contributed by atoms with Gasteiger partial charge in [0.15, 0.2) is 5.82 Å². The monoisotopic (exact) mass is 383 g/mol. The Balaban J connectivity index is 2.08. The summed E-state index contributed by atoms with van der Waals surface area (Å²) in [6.07, 6.45) is -4.51. The van der Waals surface area contributed by atoms with Crippen LogP contribution in [-0.2, 0) is 10.9 Å². The molecular formula is C16H12F3N3O3S. The molecule has 0 bridgehead atoms. The van der Waals surface area contributed by atoms with Crippen LogP contribution in [0.3, 0.4) is 0 Å². The second-order valence-corrected chi connectivity index (χ2v) is 6.00. The molecule has 0 aliphatic rings.